The van der Waals surface area contributed by atoms with Crippen molar-refractivity contribution in [2.24, 2.45) is 0 Å². The molecular weight excluding hydrogens is 497 g/mol. The van der Waals surface area contributed by atoms with E-state index in [0.29, 0.717) is 5.69 Å². The number of thiol groups is 1. The molecule has 4 rings (SSSR count). The number of aryl methyl sites for hydroxylation is 2. The lowest BCUT2D eigenvalue weighted by atomic mass is 10.0. The molecule has 1 fully saturated rings. The molecule has 0 aromatic carbocycles. The molecule has 3 aromatic rings. The van der Waals surface area contributed by atoms with Crippen LogP contribution in [0, 0.1) is 11.3 Å². The van der Waals surface area contributed by atoms with Crippen LogP contribution in [0.25, 0.3) is 0 Å². The summed E-state index contributed by atoms with van der Waals surface area (Å²) in [7, 11) is 0. The molecule has 1 unspecified atom stereocenters. The van der Waals surface area contributed by atoms with Gasteiger partial charge in [-0.25, -0.2) is 9.97 Å². The van der Waals surface area contributed by atoms with Gasteiger partial charge in [0.15, 0.2) is 11.2 Å². The van der Waals surface area contributed by atoms with Gasteiger partial charge in [0.05, 0.1) is 34.3 Å². The van der Waals surface area contributed by atoms with Crippen molar-refractivity contribution in [3.8, 4) is 6.07 Å². The minimum Gasteiger partial charge on any atom is -0.327 e. The Hall–Kier alpha value is -3.17. The highest BCUT2D eigenvalue weighted by Gasteiger charge is 2.52. The second kappa shape index (κ2) is 9.47. The van der Waals surface area contributed by atoms with Crippen LogP contribution in [-0.2, 0) is 23.8 Å². The molecule has 1 atom stereocenters. The molecule has 1 aliphatic rings. The van der Waals surface area contributed by atoms with Gasteiger partial charge in [0.2, 0.25) is 0 Å². The summed E-state index contributed by atoms with van der Waals surface area (Å²) in [6, 6.07) is 5.90. The van der Waals surface area contributed by atoms with Crippen LogP contribution in [0.2, 0.25) is 0 Å². The number of aromatic nitrogens is 3. The molecule has 7 nitrogen and oxygen atoms in total. The summed E-state index contributed by atoms with van der Waals surface area (Å²) in [6.45, 7) is 3.34. The first-order chi connectivity index (χ1) is 16.5. The molecule has 4 heterocycles. The van der Waals surface area contributed by atoms with Crippen LogP contribution in [-0.4, -0.2) is 31.9 Å². The number of amides is 1. The summed E-state index contributed by atoms with van der Waals surface area (Å²) < 4.78 is 40.4. The van der Waals surface area contributed by atoms with Gasteiger partial charge in [-0.15, -0.1) is 24.0 Å². The van der Waals surface area contributed by atoms with Gasteiger partial charge in [-0.2, -0.15) is 18.4 Å². The number of hydrogen-bond acceptors (Lipinski definition) is 8. The van der Waals surface area contributed by atoms with Gasteiger partial charge < -0.3 is 4.90 Å². The van der Waals surface area contributed by atoms with Crippen molar-refractivity contribution in [3.63, 3.8) is 0 Å². The first kappa shape index (κ1) is 24.9. The topological polar surface area (TPSA) is 86.0 Å². The van der Waals surface area contributed by atoms with E-state index < -0.39 is 34.4 Å². The Kier molecular flexibility index (Phi) is 6.75. The molecule has 1 saturated heterocycles. The largest absolute Gasteiger partial charge is 0.419 e. The Labute approximate surface area is 209 Å². The highest BCUT2D eigenvalue weighted by Crippen LogP contribution is 2.41. The van der Waals surface area contributed by atoms with Gasteiger partial charge >= 0.3 is 6.18 Å². The van der Waals surface area contributed by atoms with Crippen LogP contribution in [0.5, 0.6) is 0 Å². The Morgan fingerprint density at radius 2 is 1.91 bits per heavy atom. The lowest BCUT2D eigenvalue weighted by Gasteiger charge is -2.33. The van der Waals surface area contributed by atoms with Crippen LogP contribution in [0.4, 0.5) is 24.5 Å². The molecule has 182 valence electrons. The van der Waals surface area contributed by atoms with Crippen molar-refractivity contribution in [1.29, 1.82) is 5.26 Å². The number of carbonyl (C=O) groups excluding carboxylic acids is 1. The Balaban J connectivity index is 1.57. The van der Waals surface area contributed by atoms with E-state index in [1.165, 1.54) is 6.07 Å². The smallest absolute Gasteiger partial charge is 0.327 e. The van der Waals surface area contributed by atoms with Crippen molar-refractivity contribution in [3.05, 3.63) is 64.1 Å². The summed E-state index contributed by atoms with van der Waals surface area (Å²) in [5.74, 6) is -0.454. The first-order valence-corrected chi connectivity index (χ1v) is 12.1. The quantitative estimate of drug-likeness (QED) is 0.470. The van der Waals surface area contributed by atoms with E-state index >= 15 is 0 Å². The normalized spacial score (nSPS) is 17.6. The number of nitriles is 1. The molecule has 0 saturated carbocycles. The average molecular weight is 519 g/mol. The molecule has 0 bridgehead atoms. The second-order valence-corrected chi connectivity index (χ2v) is 9.88. The maximum Gasteiger partial charge on any atom is 0.419 e. The highest BCUT2D eigenvalue weighted by atomic mass is 32.1. The summed E-state index contributed by atoms with van der Waals surface area (Å²) in [5, 5.41) is 12.0. The van der Waals surface area contributed by atoms with Crippen LogP contribution < -0.4 is 9.80 Å². The molecule has 1 amide bonds. The minimum absolute atomic E-state index is 0.0938. The number of anilines is 2. The summed E-state index contributed by atoms with van der Waals surface area (Å²) in [4.78, 5) is 28.6. The molecule has 1 aliphatic heterocycles. The van der Waals surface area contributed by atoms with Gasteiger partial charge in [-0.05, 0) is 51.3 Å². The number of thiazole rings is 1. The molecule has 0 N–H and O–H groups in total. The van der Waals surface area contributed by atoms with E-state index in [-0.39, 0.29) is 5.69 Å². The second-order valence-electron chi connectivity index (χ2n) is 8.44. The monoisotopic (exact) mass is 518 g/mol. The van der Waals surface area contributed by atoms with Gasteiger partial charge in [0.25, 0.3) is 5.91 Å². The van der Waals surface area contributed by atoms with Gasteiger partial charge in [-0.1, -0.05) is 0 Å². The van der Waals surface area contributed by atoms with E-state index in [9.17, 15) is 18.0 Å². The SMILES string of the molecule is CC1(C)C(=O)N(c2cnc(C#N)c(C(F)(F)F)c2)C(S)N1c1ccc(CCCc2nccs2)nc1. The van der Waals surface area contributed by atoms with Crippen LogP contribution in [0.1, 0.15) is 42.2 Å². The fourth-order valence-electron chi connectivity index (χ4n) is 4.01. The zero-order valence-electron chi connectivity index (χ0n) is 18.8. The lowest BCUT2D eigenvalue weighted by Crippen LogP contribution is -2.45. The number of pyridine rings is 2. The van der Waals surface area contributed by atoms with Crippen LogP contribution >= 0.6 is 24.0 Å². The Morgan fingerprint density at radius 3 is 2.51 bits per heavy atom. The maximum absolute atomic E-state index is 13.5. The fraction of sp³-hybridized carbons (Fsp3) is 0.348. The Bertz CT molecular complexity index is 1260. The third-order valence-electron chi connectivity index (χ3n) is 5.76. The van der Waals surface area contributed by atoms with Gasteiger partial charge in [0.1, 0.15) is 11.6 Å². The van der Waals surface area contributed by atoms with Crippen molar-refractivity contribution in [2.45, 2.75) is 50.3 Å². The number of rotatable bonds is 6. The van der Waals surface area contributed by atoms with Crippen molar-refractivity contribution in [1.82, 2.24) is 15.0 Å². The number of halogens is 3. The molecule has 35 heavy (non-hydrogen) atoms. The Morgan fingerprint density at radius 1 is 1.17 bits per heavy atom. The standard InChI is InChI=1S/C23H21F3N6OS2/c1-22(2)20(33)31(16-10-17(23(24,25)26)18(11-27)30-13-16)21(34)32(22)15-7-6-14(29-12-15)4-3-5-19-28-8-9-35-19/h6-10,12-13,21,34H,3-5H2,1-2H3. The molecule has 0 aliphatic carbocycles. The molecular formula is C23H21F3N6OS2. The summed E-state index contributed by atoms with van der Waals surface area (Å²) in [6.07, 6.45) is 2.22. The van der Waals surface area contributed by atoms with Crippen molar-refractivity contribution in [2.75, 3.05) is 9.80 Å². The molecule has 0 spiro atoms. The van der Waals surface area contributed by atoms with Crippen LogP contribution in [0.15, 0.2) is 42.2 Å². The third-order valence-corrected chi connectivity index (χ3v) is 7.06. The molecule has 0 radical (unpaired) electrons. The predicted octanol–water partition coefficient (Wildman–Crippen LogP) is 4.84. The van der Waals surface area contributed by atoms with Gasteiger partial charge in [0, 0.05) is 17.3 Å². The van der Waals surface area contributed by atoms with E-state index in [0.717, 1.165) is 47.1 Å². The van der Waals surface area contributed by atoms with Crippen molar-refractivity contribution < 1.29 is 18.0 Å². The van der Waals surface area contributed by atoms with E-state index in [2.05, 4.69) is 27.6 Å². The zero-order valence-corrected chi connectivity index (χ0v) is 20.5. The van der Waals surface area contributed by atoms with Crippen molar-refractivity contribution >= 4 is 41.2 Å². The lowest BCUT2D eigenvalue weighted by molar-refractivity contribution is -0.138. The number of nitrogens with zero attached hydrogens (tertiary/aromatic N) is 6. The molecule has 12 heteroatoms. The number of alkyl halides is 3. The first-order valence-electron chi connectivity index (χ1n) is 10.7. The van der Waals surface area contributed by atoms with E-state index in [4.69, 9.17) is 5.26 Å². The number of hydrogen-bond donors (Lipinski definition) is 1. The maximum atomic E-state index is 13.5. The highest BCUT2D eigenvalue weighted by molar-refractivity contribution is 7.81. The van der Waals surface area contributed by atoms with Gasteiger partial charge in [-0.3, -0.25) is 14.7 Å². The minimum atomic E-state index is -4.79. The summed E-state index contributed by atoms with van der Waals surface area (Å²) >= 11 is 6.19. The molecule has 3 aromatic heterocycles. The fourth-order valence-corrected chi connectivity index (χ4v) is 5.33. The zero-order chi connectivity index (χ0) is 25.4. The van der Waals surface area contributed by atoms with E-state index in [1.807, 2.05) is 17.5 Å². The number of carbonyl (C=O) groups is 1. The van der Waals surface area contributed by atoms with E-state index in [1.54, 1.807) is 42.5 Å². The summed E-state index contributed by atoms with van der Waals surface area (Å²) in [5.41, 5.74) is -2.60. The predicted molar refractivity (Wildman–Crippen MR) is 129 cm³/mol. The third kappa shape index (κ3) is 4.83. The average Bonchev–Trinajstić information content (AvgIpc) is 3.38. The van der Waals surface area contributed by atoms with Crippen LogP contribution in [0.3, 0.4) is 0 Å².